The number of carbonyl (C=O) groups excluding carboxylic acids is 1. The van der Waals surface area contributed by atoms with Crippen molar-refractivity contribution in [3.63, 3.8) is 0 Å². The molecule has 23 heavy (non-hydrogen) atoms. The van der Waals surface area contributed by atoms with Gasteiger partial charge in [-0.25, -0.2) is 4.98 Å². The predicted molar refractivity (Wildman–Crippen MR) is 90.8 cm³/mol. The molecule has 5 heteroatoms. The predicted octanol–water partition coefficient (Wildman–Crippen LogP) is 2.79. The first kappa shape index (κ1) is 15.1. The molecular weight excluding hydrogens is 290 g/mol. The average molecular weight is 309 g/mol. The summed E-state index contributed by atoms with van der Waals surface area (Å²) >= 11 is 0. The summed E-state index contributed by atoms with van der Waals surface area (Å²) in [6.45, 7) is 0. The van der Waals surface area contributed by atoms with Crippen LogP contribution in [-0.2, 0) is 18.3 Å². The number of anilines is 1. The number of amides is 1. The number of rotatable bonds is 4. The Labute approximate surface area is 135 Å². The highest BCUT2D eigenvalue weighted by molar-refractivity contribution is 5.96. The molecule has 0 N–H and O–H groups in total. The van der Waals surface area contributed by atoms with E-state index in [1.165, 1.54) is 0 Å². The molecule has 0 spiro atoms. The summed E-state index contributed by atoms with van der Waals surface area (Å²) in [5.74, 6) is 0.820. The van der Waals surface area contributed by atoms with Gasteiger partial charge in [0.15, 0.2) is 0 Å². The fraction of sp³-hybridized carbons (Fsp3) is 0.222. The van der Waals surface area contributed by atoms with Crippen LogP contribution in [0.5, 0.6) is 5.75 Å². The molecule has 1 aromatic heterocycles. The number of ether oxygens (including phenoxy) is 1. The summed E-state index contributed by atoms with van der Waals surface area (Å²) in [5.41, 5.74) is 3.73. The van der Waals surface area contributed by atoms with Crippen LogP contribution in [0.25, 0.3) is 11.0 Å². The van der Waals surface area contributed by atoms with Gasteiger partial charge in [-0.3, -0.25) is 4.79 Å². The third kappa shape index (κ3) is 3.04. The van der Waals surface area contributed by atoms with Crippen molar-refractivity contribution >= 4 is 22.6 Å². The Morgan fingerprint density at radius 1 is 1.22 bits per heavy atom. The number of carbonyl (C=O) groups is 1. The van der Waals surface area contributed by atoms with Gasteiger partial charge in [-0.05, 0) is 35.9 Å². The number of likely N-dealkylation sites (N-methyl/N-ethyl adjacent to an activating group) is 1. The van der Waals surface area contributed by atoms with Crippen molar-refractivity contribution in [2.75, 3.05) is 19.1 Å². The van der Waals surface area contributed by atoms with Crippen LogP contribution < -0.4 is 9.64 Å². The topological polar surface area (TPSA) is 47.4 Å². The summed E-state index contributed by atoms with van der Waals surface area (Å²) in [6.07, 6.45) is 2.12. The van der Waals surface area contributed by atoms with E-state index in [9.17, 15) is 4.79 Å². The maximum Gasteiger partial charge on any atom is 0.231 e. The monoisotopic (exact) mass is 309 g/mol. The number of hydrogen-bond acceptors (Lipinski definition) is 3. The molecule has 3 rings (SSSR count). The van der Waals surface area contributed by atoms with Crippen LogP contribution in [0.15, 0.2) is 48.8 Å². The highest BCUT2D eigenvalue weighted by atomic mass is 16.5. The van der Waals surface area contributed by atoms with Gasteiger partial charge in [0, 0.05) is 19.8 Å². The van der Waals surface area contributed by atoms with E-state index in [1.807, 2.05) is 54.1 Å². The fourth-order valence-corrected chi connectivity index (χ4v) is 2.51. The second-order valence-electron chi connectivity index (χ2n) is 5.51. The summed E-state index contributed by atoms with van der Waals surface area (Å²) in [5, 5.41) is 0. The number of methoxy groups -OCH3 is 1. The lowest BCUT2D eigenvalue weighted by molar-refractivity contribution is -0.117. The van der Waals surface area contributed by atoms with Gasteiger partial charge < -0.3 is 14.2 Å². The van der Waals surface area contributed by atoms with Crippen LogP contribution in [0.4, 0.5) is 5.69 Å². The van der Waals surface area contributed by atoms with Gasteiger partial charge in [-0.1, -0.05) is 12.1 Å². The number of benzene rings is 2. The van der Waals surface area contributed by atoms with E-state index in [4.69, 9.17) is 4.74 Å². The van der Waals surface area contributed by atoms with Crippen LogP contribution in [0.3, 0.4) is 0 Å². The molecule has 1 amide bonds. The Morgan fingerprint density at radius 3 is 2.65 bits per heavy atom. The third-order valence-corrected chi connectivity index (χ3v) is 3.98. The average Bonchev–Trinajstić information content (AvgIpc) is 2.95. The Kier molecular flexibility index (Phi) is 4.02. The first-order valence-corrected chi connectivity index (χ1v) is 7.39. The van der Waals surface area contributed by atoms with Gasteiger partial charge in [0.05, 0.1) is 30.9 Å². The highest BCUT2D eigenvalue weighted by Crippen LogP contribution is 2.21. The molecule has 118 valence electrons. The first-order valence-electron chi connectivity index (χ1n) is 7.39. The molecule has 3 aromatic rings. The Morgan fingerprint density at radius 2 is 1.96 bits per heavy atom. The summed E-state index contributed by atoms with van der Waals surface area (Å²) in [7, 11) is 5.37. The fourth-order valence-electron chi connectivity index (χ4n) is 2.51. The molecule has 2 aromatic carbocycles. The van der Waals surface area contributed by atoms with E-state index >= 15 is 0 Å². The highest BCUT2D eigenvalue weighted by Gasteiger charge is 2.13. The van der Waals surface area contributed by atoms with Crippen LogP contribution >= 0.6 is 0 Å². The van der Waals surface area contributed by atoms with Crippen molar-refractivity contribution in [3.8, 4) is 5.75 Å². The Bertz CT molecular complexity index is 837. The minimum Gasteiger partial charge on any atom is -0.497 e. The van der Waals surface area contributed by atoms with Crippen LogP contribution in [-0.4, -0.2) is 29.6 Å². The van der Waals surface area contributed by atoms with Crippen molar-refractivity contribution < 1.29 is 9.53 Å². The molecule has 0 atom stereocenters. The Balaban J connectivity index is 1.77. The maximum atomic E-state index is 12.5. The molecule has 0 radical (unpaired) electrons. The second kappa shape index (κ2) is 6.12. The second-order valence-corrected chi connectivity index (χ2v) is 5.51. The number of fused-ring (bicyclic) bond motifs is 1. The number of nitrogens with zero attached hydrogens (tertiary/aromatic N) is 3. The summed E-state index contributed by atoms with van der Waals surface area (Å²) in [4.78, 5) is 18.5. The summed E-state index contributed by atoms with van der Waals surface area (Å²) < 4.78 is 7.09. The van der Waals surface area contributed by atoms with Gasteiger partial charge in [-0.15, -0.1) is 0 Å². The molecule has 5 nitrogen and oxygen atoms in total. The minimum atomic E-state index is 0.0328. The lowest BCUT2D eigenvalue weighted by Gasteiger charge is -2.17. The van der Waals surface area contributed by atoms with E-state index in [0.29, 0.717) is 6.42 Å². The standard InChI is InChI=1S/C18H19N3O2/c1-20-12-19-16-11-14(6-9-17(16)20)21(2)18(22)10-13-4-7-15(23-3)8-5-13/h4-9,11-12H,10H2,1-3H3. The van der Waals surface area contributed by atoms with Crippen LogP contribution in [0.2, 0.25) is 0 Å². The Hall–Kier alpha value is -2.82. The summed E-state index contributed by atoms with van der Waals surface area (Å²) in [6, 6.07) is 13.4. The molecule has 1 heterocycles. The zero-order valence-electron chi connectivity index (χ0n) is 13.5. The normalized spacial score (nSPS) is 10.7. The van der Waals surface area contributed by atoms with E-state index in [2.05, 4.69) is 4.98 Å². The van der Waals surface area contributed by atoms with Crippen LogP contribution in [0.1, 0.15) is 5.56 Å². The maximum absolute atomic E-state index is 12.5. The quantitative estimate of drug-likeness (QED) is 0.744. The number of aryl methyl sites for hydroxylation is 1. The van der Waals surface area contributed by atoms with E-state index in [0.717, 1.165) is 28.0 Å². The van der Waals surface area contributed by atoms with Gasteiger partial charge >= 0.3 is 0 Å². The third-order valence-electron chi connectivity index (χ3n) is 3.98. The lowest BCUT2D eigenvalue weighted by atomic mass is 10.1. The van der Waals surface area contributed by atoms with Crippen molar-refractivity contribution in [1.29, 1.82) is 0 Å². The van der Waals surface area contributed by atoms with E-state index < -0.39 is 0 Å². The molecular formula is C18H19N3O2. The molecule has 0 saturated carbocycles. The van der Waals surface area contributed by atoms with Gasteiger partial charge in [0.2, 0.25) is 5.91 Å². The molecule has 0 saturated heterocycles. The van der Waals surface area contributed by atoms with Gasteiger partial charge in [0.1, 0.15) is 5.75 Å². The number of aromatic nitrogens is 2. The van der Waals surface area contributed by atoms with Crippen molar-refractivity contribution in [3.05, 3.63) is 54.4 Å². The molecule has 0 aliphatic carbocycles. The number of imidazole rings is 1. The van der Waals surface area contributed by atoms with Crippen molar-refractivity contribution in [2.24, 2.45) is 7.05 Å². The van der Waals surface area contributed by atoms with Gasteiger partial charge in [0.25, 0.3) is 0 Å². The van der Waals surface area contributed by atoms with E-state index in [-0.39, 0.29) is 5.91 Å². The van der Waals surface area contributed by atoms with E-state index in [1.54, 1.807) is 25.4 Å². The lowest BCUT2D eigenvalue weighted by Crippen LogP contribution is -2.27. The smallest absolute Gasteiger partial charge is 0.231 e. The first-order chi connectivity index (χ1) is 11.1. The number of hydrogen-bond donors (Lipinski definition) is 0. The SMILES string of the molecule is COc1ccc(CC(=O)N(C)c2ccc3c(c2)ncn3C)cc1. The molecule has 0 fully saturated rings. The van der Waals surface area contributed by atoms with Crippen LogP contribution in [0, 0.1) is 0 Å². The van der Waals surface area contributed by atoms with Crippen molar-refractivity contribution in [1.82, 2.24) is 9.55 Å². The largest absolute Gasteiger partial charge is 0.497 e. The minimum absolute atomic E-state index is 0.0328. The van der Waals surface area contributed by atoms with Crippen molar-refractivity contribution in [2.45, 2.75) is 6.42 Å². The zero-order chi connectivity index (χ0) is 16.4. The zero-order valence-corrected chi connectivity index (χ0v) is 13.5. The molecule has 0 bridgehead atoms. The molecule has 0 aliphatic heterocycles. The molecule has 0 unspecified atom stereocenters. The molecule has 0 aliphatic rings. The van der Waals surface area contributed by atoms with Gasteiger partial charge in [-0.2, -0.15) is 0 Å².